The van der Waals surface area contributed by atoms with E-state index >= 15 is 0 Å². The monoisotopic (exact) mass is 206 g/mol. The Kier molecular flexibility index (Phi) is 2.94. The number of nitrogens with zero attached hydrogens (tertiary/aromatic N) is 2. The van der Waals surface area contributed by atoms with Crippen molar-refractivity contribution in [2.75, 3.05) is 0 Å². The maximum atomic E-state index is 10.5. The molecule has 4 heteroatoms. The first-order valence-corrected chi connectivity index (χ1v) is 5.29. The van der Waals surface area contributed by atoms with Crippen LogP contribution < -0.4 is 0 Å². The van der Waals surface area contributed by atoms with Gasteiger partial charge in [-0.15, -0.1) is 0 Å². The number of aliphatic carboxylic acids is 1. The molecule has 1 N–H and O–H groups in total. The number of hydrogen-bond acceptors (Lipinski definition) is 3. The van der Waals surface area contributed by atoms with Crippen LogP contribution in [-0.2, 0) is 11.2 Å². The van der Waals surface area contributed by atoms with Crippen molar-refractivity contribution in [3.63, 3.8) is 0 Å². The smallest absolute Gasteiger partial charge is 0.311 e. The molecule has 2 rings (SSSR count). The molecule has 1 saturated carbocycles. The van der Waals surface area contributed by atoms with Crippen molar-refractivity contribution < 1.29 is 9.90 Å². The zero-order valence-corrected chi connectivity index (χ0v) is 8.52. The van der Waals surface area contributed by atoms with Crippen LogP contribution in [0.4, 0.5) is 0 Å². The van der Waals surface area contributed by atoms with Gasteiger partial charge in [0.1, 0.15) is 12.2 Å². The Morgan fingerprint density at radius 2 is 2.20 bits per heavy atom. The van der Waals surface area contributed by atoms with E-state index in [1.807, 2.05) is 6.07 Å². The lowest BCUT2D eigenvalue weighted by atomic mass is 10.0. The van der Waals surface area contributed by atoms with Crippen LogP contribution in [0.5, 0.6) is 0 Å². The quantitative estimate of drug-likeness (QED) is 0.818. The van der Waals surface area contributed by atoms with Gasteiger partial charge in [-0.05, 0) is 18.9 Å². The van der Waals surface area contributed by atoms with Crippen molar-refractivity contribution in [3.05, 3.63) is 23.8 Å². The molecule has 1 heterocycles. The van der Waals surface area contributed by atoms with Gasteiger partial charge in [0, 0.05) is 17.8 Å². The van der Waals surface area contributed by atoms with Crippen molar-refractivity contribution >= 4 is 5.97 Å². The third-order valence-electron chi connectivity index (χ3n) is 2.81. The molecule has 15 heavy (non-hydrogen) atoms. The highest BCUT2D eigenvalue weighted by Crippen LogP contribution is 2.32. The van der Waals surface area contributed by atoms with E-state index in [1.54, 1.807) is 6.20 Å². The fourth-order valence-corrected chi connectivity index (χ4v) is 2.08. The molecule has 0 amide bonds. The highest BCUT2D eigenvalue weighted by Gasteiger charge is 2.18. The summed E-state index contributed by atoms with van der Waals surface area (Å²) in [5.41, 5.74) is 1.01. The molecular weight excluding hydrogens is 192 g/mol. The summed E-state index contributed by atoms with van der Waals surface area (Å²) in [4.78, 5) is 18.8. The Labute approximate surface area is 88.4 Å². The predicted octanol–water partition coefficient (Wildman–Crippen LogP) is 1.76. The van der Waals surface area contributed by atoms with Crippen LogP contribution in [0.3, 0.4) is 0 Å². The van der Waals surface area contributed by atoms with Gasteiger partial charge in [0.15, 0.2) is 0 Å². The van der Waals surface area contributed by atoms with Gasteiger partial charge >= 0.3 is 5.97 Å². The van der Waals surface area contributed by atoms with Gasteiger partial charge in [0.25, 0.3) is 0 Å². The molecule has 1 fully saturated rings. The first-order valence-electron chi connectivity index (χ1n) is 5.29. The topological polar surface area (TPSA) is 63.1 Å². The molecule has 4 nitrogen and oxygen atoms in total. The fourth-order valence-electron chi connectivity index (χ4n) is 2.08. The third-order valence-corrected chi connectivity index (χ3v) is 2.81. The molecule has 0 radical (unpaired) electrons. The van der Waals surface area contributed by atoms with Crippen LogP contribution in [0.1, 0.15) is 43.1 Å². The average molecular weight is 206 g/mol. The minimum absolute atomic E-state index is 0.0828. The van der Waals surface area contributed by atoms with E-state index in [-0.39, 0.29) is 6.42 Å². The lowest BCUT2D eigenvalue weighted by molar-refractivity contribution is -0.136. The molecule has 0 atom stereocenters. The van der Waals surface area contributed by atoms with Crippen molar-refractivity contribution in [2.24, 2.45) is 0 Å². The summed E-state index contributed by atoms with van der Waals surface area (Å²) in [6.07, 6.45) is 6.43. The number of hydrogen-bond donors (Lipinski definition) is 1. The summed E-state index contributed by atoms with van der Waals surface area (Å²) in [5.74, 6) is 0.0611. The summed E-state index contributed by atoms with van der Waals surface area (Å²) in [6, 6.07) is 1.90. The molecule has 80 valence electrons. The van der Waals surface area contributed by atoms with Gasteiger partial charge in [0.2, 0.25) is 0 Å². The minimum Gasteiger partial charge on any atom is -0.481 e. The Hall–Kier alpha value is -1.45. The Morgan fingerprint density at radius 3 is 2.87 bits per heavy atom. The number of carboxylic acids is 1. The summed E-state index contributed by atoms with van der Waals surface area (Å²) in [7, 11) is 0. The van der Waals surface area contributed by atoms with Crippen LogP contribution in [0.15, 0.2) is 12.3 Å². The van der Waals surface area contributed by atoms with Crippen LogP contribution in [0, 0.1) is 0 Å². The predicted molar refractivity (Wildman–Crippen MR) is 54.6 cm³/mol. The zero-order chi connectivity index (χ0) is 10.7. The van der Waals surface area contributed by atoms with E-state index in [0.29, 0.717) is 11.7 Å². The van der Waals surface area contributed by atoms with Gasteiger partial charge in [-0.2, -0.15) is 0 Å². The maximum Gasteiger partial charge on any atom is 0.311 e. The Bertz CT molecular complexity index is 359. The third kappa shape index (κ3) is 2.52. The first kappa shape index (κ1) is 10.1. The lowest BCUT2D eigenvalue weighted by Crippen LogP contribution is -2.07. The summed E-state index contributed by atoms with van der Waals surface area (Å²) in [5, 5.41) is 8.64. The molecule has 0 bridgehead atoms. The Balaban J connectivity index is 2.14. The van der Waals surface area contributed by atoms with Crippen LogP contribution in [0.2, 0.25) is 0 Å². The summed E-state index contributed by atoms with van der Waals surface area (Å²) in [6.45, 7) is 0. The molecule has 0 saturated heterocycles. The minimum atomic E-state index is -0.876. The first-order chi connectivity index (χ1) is 7.25. The normalized spacial score (nSPS) is 16.8. The lowest BCUT2D eigenvalue weighted by Gasteiger charge is -2.08. The van der Waals surface area contributed by atoms with Crippen molar-refractivity contribution in [3.8, 4) is 0 Å². The highest BCUT2D eigenvalue weighted by atomic mass is 16.4. The average Bonchev–Trinajstić information content (AvgIpc) is 2.69. The fraction of sp³-hybridized carbons (Fsp3) is 0.545. The van der Waals surface area contributed by atoms with E-state index < -0.39 is 5.97 Å². The summed E-state index contributed by atoms with van der Waals surface area (Å²) >= 11 is 0. The second-order valence-corrected chi connectivity index (χ2v) is 3.95. The number of aromatic nitrogens is 2. The number of rotatable bonds is 3. The largest absolute Gasteiger partial charge is 0.481 e. The maximum absolute atomic E-state index is 10.5. The summed E-state index contributed by atoms with van der Waals surface area (Å²) < 4.78 is 0. The Morgan fingerprint density at radius 1 is 1.47 bits per heavy atom. The van der Waals surface area contributed by atoms with Gasteiger partial charge in [0.05, 0.1) is 0 Å². The molecule has 1 aromatic rings. The van der Waals surface area contributed by atoms with E-state index in [4.69, 9.17) is 5.11 Å². The van der Waals surface area contributed by atoms with Crippen LogP contribution in [-0.4, -0.2) is 21.0 Å². The van der Waals surface area contributed by atoms with Crippen molar-refractivity contribution in [1.29, 1.82) is 0 Å². The van der Waals surface area contributed by atoms with E-state index in [9.17, 15) is 4.79 Å². The van der Waals surface area contributed by atoms with E-state index in [2.05, 4.69) is 9.97 Å². The number of carboxylic acid groups (broad SMARTS) is 1. The van der Waals surface area contributed by atoms with E-state index in [0.717, 1.165) is 5.69 Å². The molecule has 1 aliphatic carbocycles. The second kappa shape index (κ2) is 4.38. The van der Waals surface area contributed by atoms with Crippen LogP contribution in [0.25, 0.3) is 0 Å². The van der Waals surface area contributed by atoms with Gasteiger partial charge < -0.3 is 5.11 Å². The van der Waals surface area contributed by atoms with E-state index in [1.165, 1.54) is 25.7 Å². The molecule has 1 aliphatic rings. The second-order valence-electron chi connectivity index (χ2n) is 3.95. The molecule has 0 spiro atoms. The van der Waals surface area contributed by atoms with Gasteiger partial charge in [-0.25, -0.2) is 9.97 Å². The SMILES string of the molecule is O=C(O)Cc1nccc(C2CCCC2)n1. The standard InChI is InChI=1S/C11H14N2O2/c14-11(15)7-10-12-6-5-9(13-10)8-3-1-2-4-8/h5-6,8H,1-4,7H2,(H,14,15). The van der Waals surface area contributed by atoms with Gasteiger partial charge in [-0.1, -0.05) is 12.8 Å². The molecule has 0 aliphatic heterocycles. The molecule has 0 unspecified atom stereocenters. The molecule has 1 aromatic heterocycles. The van der Waals surface area contributed by atoms with Crippen molar-refractivity contribution in [2.45, 2.75) is 38.0 Å². The van der Waals surface area contributed by atoms with Crippen molar-refractivity contribution in [1.82, 2.24) is 9.97 Å². The van der Waals surface area contributed by atoms with Crippen LogP contribution >= 0.6 is 0 Å². The molecule has 0 aromatic carbocycles. The zero-order valence-electron chi connectivity index (χ0n) is 8.52. The molecular formula is C11H14N2O2. The number of carbonyl (C=O) groups is 1. The highest BCUT2D eigenvalue weighted by molar-refractivity contribution is 5.68. The van der Waals surface area contributed by atoms with Gasteiger partial charge in [-0.3, -0.25) is 4.79 Å².